The molecule has 0 atom stereocenters. The number of pyridine rings is 1. The van der Waals surface area contributed by atoms with E-state index in [2.05, 4.69) is 15.2 Å². The van der Waals surface area contributed by atoms with Gasteiger partial charge in [-0.1, -0.05) is 12.1 Å². The highest BCUT2D eigenvalue weighted by Gasteiger charge is 2.02. The Labute approximate surface area is 104 Å². The van der Waals surface area contributed by atoms with Gasteiger partial charge in [0.25, 0.3) is 0 Å². The number of rotatable bonds is 4. The highest BCUT2D eigenvalue weighted by Crippen LogP contribution is 2.27. The molecule has 18 heavy (non-hydrogen) atoms. The van der Waals surface area contributed by atoms with Crippen LogP contribution in [0, 0.1) is 0 Å². The van der Waals surface area contributed by atoms with Crippen molar-refractivity contribution in [3.63, 3.8) is 0 Å². The molecule has 0 saturated heterocycles. The van der Waals surface area contributed by atoms with Gasteiger partial charge >= 0.3 is 0 Å². The highest BCUT2D eigenvalue weighted by atomic mass is 16.5. The number of carbonyl (C=O) groups excluding carboxylic acids is 1. The predicted octanol–water partition coefficient (Wildman–Crippen LogP) is 3.32. The maximum atomic E-state index is 10.8. The lowest BCUT2D eigenvalue weighted by Gasteiger charge is -2.01. The molecule has 5 nitrogen and oxygen atoms in total. The molecule has 2 rings (SSSR count). The molecule has 0 bridgehead atoms. The zero-order valence-electron chi connectivity index (χ0n) is 9.78. The third-order valence-corrected chi connectivity index (χ3v) is 2.31. The lowest BCUT2D eigenvalue weighted by molar-refractivity contribution is 0.112. The molecule has 0 fully saturated rings. The fourth-order valence-corrected chi connectivity index (χ4v) is 1.41. The molecule has 0 spiro atoms. The number of ether oxygens (including phenoxy) is 1. The van der Waals surface area contributed by atoms with E-state index < -0.39 is 0 Å². The predicted molar refractivity (Wildman–Crippen MR) is 66.8 cm³/mol. The summed E-state index contributed by atoms with van der Waals surface area (Å²) in [5.74, 6) is 0.581. The number of aromatic nitrogens is 1. The van der Waals surface area contributed by atoms with Gasteiger partial charge in [-0.3, -0.25) is 9.78 Å². The number of nitrogens with zero attached hydrogens (tertiary/aromatic N) is 3. The van der Waals surface area contributed by atoms with Crippen molar-refractivity contribution in [3.05, 3.63) is 48.3 Å². The van der Waals surface area contributed by atoms with Crippen molar-refractivity contribution in [2.75, 3.05) is 7.11 Å². The topological polar surface area (TPSA) is 63.9 Å². The number of hydrogen-bond acceptors (Lipinski definition) is 5. The number of carbonyl (C=O) groups is 1. The van der Waals surface area contributed by atoms with Crippen molar-refractivity contribution in [1.82, 2.24) is 4.98 Å². The van der Waals surface area contributed by atoms with Crippen LogP contribution in [0.25, 0.3) is 0 Å². The van der Waals surface area contributed by atoms with Gasteiger partial charge in [0.2, 0.25) is 0 Å². The quantitative estimate of drug-likeness (QED) is 0.609. The van der Waals surface area contributed by atoms with Crippen LogP contribution in [0.5, 0.6) is 5.75 Å². The van der Waals surface area contributed by atoms with Crippen LogP contribution in [-0.4, -0.2) is 18.4 Å². The number of hydrogen-bond donors (Lipinski definition) is 0. The summed E-state index contributed by atoms with van der Waals surface area (Å²) >= 11 is 0. The molecule has 1 heterocycles. The average Bonchev–Trinajstić information content (AvgIpc) is 2.45. The SMILES string of the molecule is COc1ccncc1N=Nc1ccccc1C=O. The lowest BCUT2D eigenvalue weighted by atomic mass is 10.2. The third kappa shape index (κ3) is 2.57. The van der Waals surface area contributed by atoms with Crippen LogP contribution in [0.2, 0.25) is 0 Å². The molecule has 2 aromatic rings. The van der Waals surface area contributed by atoms with E-state index in [1.165, 1.54) is 0 Å². The number of methoxy groups -OCH3 is 1. The standard InChI is InChI=1S/C13H11N3O2/c1-18-13-6-7-14-8-12(13)16-15-11-5-3-2-4-10(11)9-17/h2-9H,1H3. The number of azo groups is 1. The van der Waals surface area contributed by atoms with Crippen LogP contribution in [0.4, 0.5) is 11.4 Å². The first-order chi connectivity index (χ1) is 8.85. The molecule has 0 amide bonds. The van der Waals surface area contributed by atoms with E-state index >= 15 is 0 Å². The van der Waals surface area contributed by atoms with Gasteiger partial charge in [0.05, 0.1) is 19.0 Å². The van der Waals surface area contributed by atoms with Crippen molar-refractivity contribution in [1.29, 1.82) is 0 Å². The minimum atomic E-state index is 0.490. The highest BCUT2D eigenvalue weighted by molar-refractivity contribution is 5.82. The minimum Gasteiger partial charge on any atom is -0.494 e. The van der Waals surface area contributed by atoms with Crippen LogP contribution in [0.15, 0.2) is 53.0 Å². The monoisotopic (exact) mass is 241 g/mol. The first-order valence-electron chi connectivity index (χ1n) is 5.29. The molecular weight excluding hydrogens is 230 g/mol. The second kappa shape index (κ2) is 5.67. The second-order valence-electron chi connectivity index (χ2n) is 3.42. The van der Waals surface area contributed by atoms with E-state index in [1.54, 1.807) is 49.8 Å². The molecule has 0 N–H and O–H groups in total. The molecule has 1 aromatic carbocycles. The van der Waals surface area contributed by atoms with Crippen molar-refractivity contribution in [2.45, 2.75) is 0 Å². The molecule has 0 unspecified atom stereocenters. The molecule has 0 radical (unpaired) electrons. The summed E-state index contributed by atoms with van der Waals surface area (Å²) in [6, 6.07) is 8.66. The van der Waals surface area contributed by atoms with Gasteiger partial charge in [0.15, 0.2) is 6.29 Å². The first kappa shape index (κ1) is 11.9. The van der Waals surface area contributed by atoms with Crippen LogP contribution in [0.3, 0.4) is 0 Å². The van der Waals surface area contributed by atoms with Crippen LogP contribution in [0.1, 0.15) is 10.4 Å². The second-order valence-corrected chi connectivity index (χ2v) is 3.42. The normalized spacial score (nSPS) is 10.5. The van der Waals surface area contributed by atoms with E-state index in [0.29, 0.717) is 22.7 Å². The van der Waals surface area contributed by atoms with Gasteiger partial charge in [-0.25, -0.2) is 0 Å². The minimum absolute atomic E-state index is 0.490. The Kier molecular flexibility index (Phi) is 3.76. The van der Waals surface area contributed by atoms with Gasteiger partial charge in [0.1, 0.15) is 11.4 Å². The van der Waals surface area contributed by atoms with Crippen LogP contribution in [-0.2, 0) is 0 Å². The molecule has 0 saturated carbocycles. The van der Waals surface area contributed by atoms with Gasteiger partial charge in [0, 0.05) is 17.8 Å². The zero-order chi connectivity index (χ0) is 12.8. The Hall–Kier alpha value is -2.56. The Bertz CT molecular complexity index is 582. The van der Waals surface area contributed by atoms with Crippen LogP contribution >= 0.6 is 0 Å². The first-order valence-corrected chi connectivity index (χ1v) is 5.29. The fourth-order valence-electron chi connectivity index (χ4n) is 1.41. The van der Waals surface area contributed by atoms with E-state index in [0.717, 1.165) is 6.29 Å². The molecule has 0 aliphatic rings. The summed E-state index contributed by atoms with van der Waals surface area (Å²) in [7, 11) is 1.55. The maximum Gasteiger partial charge on any atom is 0.152 e. The summed E-state index contributed by atoms with van der Waals surface area (Å²) in [5, 5.41) is 8.06. The summed E-state index contributed by atoms with van der Waals surface area (Å²) in [6.07, 6.45) is 3.90. The smallest absolute Gasteiger partial charge is 0.152 e. The van der Waals surface area contributed by atoms with E-state index in [-0.39, 0.29) is 0 Å². The van der Waals surface area contributed by atoms with Crippen molar-refractivity contribution in [2.24, 2.45) is 10.2 Å². The zero-order valence-corrected chi connectivity index (χ0v) is 9.78. The van der Waals surface area contributed by atoms with Gasteiger partial charge in [-0.15, -0.1) is 10.2 Å². The molecular formula is C13H11N3O2. The summed E-state index contributed by atoms with van der Waals surface area (Å²) < 4.78 is 5.13. The van der Waals surface area contributed by atoms with Crippen molar-refractivity contribution in [3.8, 4) is 5.75 Å². The molecule has 90 valence electrons. The Morgan fingerprint density at radius 3 is 2.72 bits per heavy atom. The van der Waals surface area contributed by atoms with Gasteiger partial charge in [-0.2, -0.15) is 0 Å². The van der Waals surface area contributed by atoms with Crippen molar-refractivity contribution >= 4 is 17.7 Å². The molecule has 0 aliphatic heterocycles. The summed E-state index contributed by atoms with van der Waals surface area (Å²) in [6.45, 7) is 0. The van der Waals surface area contributed by atoms with Crippen molar-refractivity contribution < 1.29 is 9.53 Å². The number of benzene rings is 1. The Morgan fingerprint density at radius 2 is 1.94 bits per heavy atom. The Morgan fingerprint density at radius 1 is 1.17 bits per heavy atom. The molecule has 0 aliphatic carbocycles. The van der Waals surface area contributed by atoms with E-state index in [1.807, 2.05) is 0 Å². The third-order valence-electron chi connectivity index (χ3n) is 2.31. The van der Waals surface area contributed by atoms with E-state index in [4.69, 9.17) is 4.74 Å². The summed E-state index contributed by atoms with van der Waals surface area (Å²) in [4.78, 5) is 14.8. The Balaban J connectivity index is 2.33. The lowest BCUT2D eigenvalue weighted by Crippen LogP contribution is -1.83. The largest absolute Gasteiger partial charge is 0.494 e. The van der Waals surface area contributed by atoms with Gasteiger partial charge in [-0.05, 0) is 12.1 Å². The van der Waals surface area contributed by atoms with E-state index in [9.17, 15) is 4.79 Å². The van der Waals surface area contributed by atoms with Gasteiger partial charge < -0.3 is 4.74 Å². The van der Waals surface area contributed by atoms with Crippen LogP contribution < -0.4 is 4.74 Å². The molecule has 5 heteroatoms. The molecule has 1 aromatic heterocycles. The summed E-state index contributed by atoms with van der Waals surface area (Å²) in [5.41, 5.74) is 1.52. The average molecular weight is 241 g/mol. The number of aldehydes is 1. The maximum absolute atomic E-state index is 10.8. The fraction of sp³-hybridized carbons (Fsp3) is 0.0769.